The van der Waals surface area contributed by atoms with Crippen LogP contribution in [0, 0.1) is 31.6 Å². The van der Waals surface area contributed by atoms with Crippen LogP contribution in [0.1, 0.15) is 41.5 Å². The number of hydrogen-bond acceptors (Lipinski definition) is 2. The highest BCUT2D eigenvalue weighted by atomic mass is 16.3. The molecule has 0 spiro atoms. The summed E-state index contributed by atoms with van der Waals surface area (Å²) in [5.41, 5.74) is 4.12. The fraction of sp³-hybridized carbons (Fsp3) is 0.500. The lowest BCUT2D eigenvalue weighted by molar-refractivity contribution is -0.120. The third-order valence-corrected chi connectivity index (χ3v) is 7.03. The molecule has 2 fully saturated rings. The molecule has 2 N–H and O–H groups in total. The maximum atomic E-state index is 12.2. The molecule has 0 bridgehead atoms. The van der Waals surface area contributed by atoms with Crippen LogP contribution in [0.15, 0.2) is 48.5 Å². The van der Waals surface area contributed by atoms with Gasteiger partial charge >= 0.3 is 0 Å². The minimum Gasteiger partial charge on any atom is -0.385 e. The van der Waals surface area contributed by atoms with E-state index in [-0.39, 0.29) is 0 Å². The molecule has 26 heavy (non-hydrogen) atoms. The molecule has 0 radical (unpaired) electrons. The predicted molar refractivity (Wildman–Crippen MR) is 107 cm³/mol. The van der Waals surface area contributed by atoms with Crippen molar-refractivity contribution in [2.75, 3.05) is 13.1 Å². The lowest BCUT2D eigenvalue weighted by atomic mass is 9.54. The Bertz CT molecular complexity index is 756. The number of nitrogens with one attached hydrogen (secondary N) is 1. The van der Waals surface area contributed by atoms with E-state index in [0.29, 0.717) is 18.3 Å². The van der Waals surface area contributed by atoms with E-state index in [1.807, 2.05) is 0 Å². The van der Waals surface area contributed by atoms with Crippen LogP contribution in [0.3, 0.4) is 0 Å². The van der Waals surface area contributed by atoms with Gasteiger partial charge in [0.1, 0.15) is 0 Å². The van der Waals surface area contributed by atoms with Crippen molar-refractivity contribution in [1.29, 1.82) is 0 Å². The second-order valence-electron chi connectivity index (χ2n) is 8.43. The molecule has 1 saturated heterocycles. The van der Waals surface area contributed by atoms with E-state index in [0.717, 1.165) is 31.0 Å². The van der Waals surface area contributed by atoms with Gasteiger partial charge in [0.05, 0.1) is 5.60 Å². The van der Waals surface area contributed by atoms with E-state index < -0.39 is 5.60 Å². The predicted octanol–water partition coefficient (Wildman–Crippen LogP) is 4.37. The molecule has 2 nitrogen and oxygen atoms in total. The first-order valence-electron chi connectivity index (χ1n) is 10.1. The van der Waals surface area contributed by atoms with Gasteiger partial charge in [0, 0.05) is 6.42 Å². The number of rotatable bonds is 4. The summed E-state index contributed by atoms with van der Waals surface area (Å²) in [7, 11) is 0. The van der Waals surface area contributed by atoms with E-state index in [1.165, 1.54) is 29.5 Å². The average molecular weight is 350 g/mol. The topological polar surface area (TPSA) is 32.3 Å². The Balaban J connectivity index is 1.73. The minimum atomic E-state index is -0.775. The standard InChI is InChI=1S/C24H31NO/c1-17-7-6-10-22(18(17)2)24(26,16-19-8-4-3-5-9-19)23-15-20-11-13-25-14-12-21(20)23/h3-10,20-21,23,25-26H,11-16H2,1-2H3. The molecule has 2 aromatic carbocycles. The molecule has 1 aliphatic heterocycles. The normalized spacial score (nSPS) is 27.7. The van der Waals surface area contributed by atoms with Crippen LogP contribution >= 0.6 is 0 Å². The molecular formula is C24H31NO. The Hall–Kier alpha value is -1.64. The van der Waals surface area contributed by atoms with Gasteiger partial charge in [0.15, 0.2) is 0 Å². The van der Waals surface area contributed by atoms with Gasteiger partial charge < -0.3 is 10.4 Å². The van der Waals surface area contributed by atoms with Crippen LogP contribution in [0.5, 0.6) is 0 Å². The lowest BCUT2D eigenvalue weighted by Crippen LogP contribution is -2.51. The van der Waals surface area contributed by atoms with Crippen LogP contribution in [0.25, 0.3) is 0 Å². The van der Waals surface area contributed by atoms with Crippen molar-refractivity contribution in [2.24, 2.45) is 17.8 Å². The zero-order valence-electron chi connectivity index (χ0n) is 16.0. The summed E-state index contributed by atoms with van der Waals surface area (Å²) in [4.78, 5) is 0. The quantitative estimate of drug-likeness (QED) is 0.859. The van der Waals surface area contributed by atoms with Gasteiger partial charge in [-0.1, -0.05) is 48.5 Å². The molecule has 4 rings (SSSR count). The Morgan fingerprint density at radius 2 is 1.77 bits per heavy atom. The van der Waals surface area contributed by atoms with E-state index in [4.69, 9.17) is 0 Å². The number of fused-ring (bicyclic) bond motifs is 1. The molecule has 1 saturated carbocycles. The van der Waals surface area contributed by atoms with Crippen LogP contribution in [-0.4, -0.2) is 18.2 Å². The second-order valence-corrected chi connectivity index (χ2v) is 8.43. The summed E-state index contributed by atoms with van der Waals surface area (Å²) in [6.07, 6.45) is 4.31. The Labute approximate surface area is 157 Å². The van der Waals surface area contributed by atoms with E-state index in [9.17, 15) is 5.11 Å². The highest BCUT2D eigenvalue weighted by Gasteiger charge is 2.52. The number of aryl methyl sites for hydroxylation is 1. The summed E-state index contributed by atoms with van der Waals surface area (Å²) in [6.45, 7) is 6.55. The first kappa shape index (κ1) is 17.8. The molecule has 4 atom stereocenters. The first-order chi connectivity index (χ1) is 12.6. The Morgan fingerprint density at radius 3 is 2.58 bits per heavy atom. The van der Waals surface area contributed by atoms with Crippen LogP contribution in [0.2, 0.25) is 0 Å². The van der Waals surface area contributed by atoms with Crippen molar-refractivity contribution in [2.45, 2.75) is 45.1 Å². The number of aliphatic hydroxyl groups is 1. The van der Waals surface area contributed by atoms with E-state index in [1.54, 1.807) is 0 Å². The van der Waals surface area contributed by atoms with Crippen LogP contribution in [0.4, 0.5) is 0 Å². The second kappa shape index (κ2) is 7.17. The monoisotopic (exact) mass is 349 g/mol. The Kier molecular flexibility index (Phi) is 4.90. The van der Waals surface area contributed by atoms with E-state index in [2.05, 4.69) is 67.7 Å². The SMILES string of the molecule is Cc1cccc(C(O)(Cc2ccccc2)C2CC3CCNCCC32)c1C. The zero-order valence-corrected chi connectivity index (χ0v) is 16.0. The molecule has 1 heterocycles. The molecule has 0 amide bonds. The summed E-state index contributed by atoms with van der Waals surface area (Å²) >= 11 is 0. The van der Waals surface area contributed by atoms with Crippen LogP contribution in [-0.2, 0) is 12.0 Å². The first-order valence-corrected chi connectivity index (χ1v) is 10.1. The maximum absolute atomic E-state index is 12.2. The fourth-order valence-corrected chi connectivity index (χ4v) is 5.36. The Morgan fingerprint density at radius 1 is 1.00 bits per heavy atom. The summed E-state index contributed by atoms with van der Waals surface area (Å²) < 4.78 is 0. The molecule has 2 heteroatoms. The lowest BCUT2D eigenvalue weighted by Gasteiger charge is -2.53. The number of benzene rings is 2. The van der Waals surface area contributed by atoms with Gasteiger partial charge in [-0.05, 0) is 86.2 Å². The zero-order chi connectivity index (χ0) is 18.1. The minimum absolute atomic E-state index is 0.355. The fourth-order valence-electron chi connectivity index (χ4n) is 5.36. The molecule has 2 aromatic rings. The van der Waals surface area contributed by atoms with Gasteiger partial charge in [-0.25, -0.2) is 0 Å². The largest absolute Gasteiger partial charge is 0.385 e. The van der Waals surface area contributed by atoms with Gasteiger partial charge in [0.25, 0.3) is 0 Å². The van der Waals surface area contributed by atoms with Gasteiger partial charge in [-0.3, -0.25) is 0 Å². The van der Waals surface area contributed by atoms with Crippen molar-refractivity contribution < 1.29 is 5.11 Å². The van der Waals surface area contributed by atoms with Crippen molar-refractivity contribution >= 4 is 0 Å². The molecule has 1 aliphatic carbocycles. The van der Waals surface area contributed by atoms with Crippen molar-refractivity contribution in [1.82, 2.24) is 5.32 Å². The number of hydrogen-bond donors (Lipinski definition) is 2. The van der Waals surface area contributed by atoms with Crippen molar-refractivity contribution in [3.63, 3.8) is 0 Å². The summed E-state index contributed by atoms with van der Waals surface area (Å²) in [5, 5.41) is 15.7. The summed E-state index contributed by atoms with van der Waals surface area (Å²) in [6, 6.07) is 16.9. The van der Waals surface area contributed by atoms with Gasteiger partial charge in [-0.15, -0.1) is 0 Å². The summed E-state index contributed by atoms with van der Waals surface area (Å²) in [5.74, 6) is 1.77. The molecule has 0 aromatic heterocycles. The van der Waals surface area contributed by atoms with E-state index >= 15 is 0 Å². The van der Waals surface area contributed by atoms with Crippen LogP contribution < -0.4 is 5.32 Å². The van der Waals surface area contributed by atoms with Crippen molar-refractivity contribution in [3.8, 4) is 0 Å². The average Bonchev–Trinajstić information content (AvgIpc) is 2.79. The third-order valence-electron chi connectivity index (χ3n) is 7.03. The van der Waals surface area contributed by atoms with Gasteiger partial charge in [-0.2, -0.15) is 0 Å². The highest BCUT2D eigenvalue weighted by molar-refractivity contribution is 5.39. The van der Waals surface area contributed by atoms with Gasteiger partial charge in [0.2, 0.25) is 0 Å². The molecule has 4 unspecified atom stereocenters. The molecular weight excluding hydrogens is 318 g/mol. The maximum Gasteiger partial charge on any atom is 0.0970 e. The molecule has 2 aliphatic rings. The molecule has 138 valence electrons. The third kappa shape index (κ3) is 3.10. The van der Waals surface area contributed by atoms with Crippen molar-refractivity contribution in [3.05, 3.63) is 70.8 Å². The highest BCUT2D eigenvalue weighted by Crippen LogP contribution is 2.55. The smallest absolute Gasteiger partial charge is 0.0970 e.